The molecule has 0 aliphatic carbocycles. The molecule has 0 saturated carbocycles. The van der Waals surface area contributed by atoms with E-state index in [2.05, 4.69) is 9.97 Å². The zero-order chi connectivity index (χ0) is 11.0. The lowest BCUT2D eigenvalue weighted by atomic mass is 10.1. The summed E-state index contributed by atoms with van der Waals surface area (Å²) in [7, 11) is 0. The largest absolute Gasteiger partial charge is 0.366 e. The number of hydrogen-bond donors (Lipinski definition) is 1. The van der Waals surface area contributed by atoms with E-state index in [1.807, 2.05) is 19.9 Å². The number of benzene rings is 1. The standard InChI is InChI=1S/C11H11N3O/c1-6-7(2)14-10-8(11(12)15)4-3-5-9(10)13-6/h3-5H,1-2H3,(H2,12,15). The summed E-state index contributed by atoms with van der Waals surface area (Å²) >= 11 is 0. The molecule has 4 heteroatoms. The first-order valence-electron chi connectivity index (χ1n) is 4.63. The molecule has 0 saturated heterocycles. The Morgan fingerprint density at radius 1 is 1.20 bits per heavy atom. The molecule has 0 radical (unpaired) electrons. The van der Waals surface area contributed by atoms with Crippen molar-refractivity contribution in [1.29, 1.82) is 0 Å². The summed E-state index contributed by atoms with van der Waals surface area (Å²) in [6.45, 7) is 3.75. The van der Waals surface area contributed by atoms with Gasteiger partial charge in [-0.2, -0.15) is 0 Å². The second-order valence-electron chi connectivity index (χ2n) is 3.43. The summed E-state index contributed by atoms with van der Waals surface area (Å²) in [6, 6.07) is 5.24. The highest BCUT2D eigenvalue weighted by Gasteiger charge is 2.09. The minimum Gasteiger partial charge on any atom is -0.366 e. The van der Waals surface area contributed by atoms with Gasteiger partial charge in [-0.3, -0.25) is 4.79 Å². The number of carbonyl (C=O) groups is 1. The van der Waals surface area contributed by atoms with Gasteiger partial charge in [0.1, 0.15) is 5.52 Å². The number of nitrogens with zero attached hydrogens (tertiary/aromatic N) is 2. The lowest BCUT2D eigenvalue weighted by Gasteiger charge is -2.04. The molecule has 0 aliphatic heterocycles. The number of rotatable bonds is 1. The maximum atomic E-state index is 11.2. The summed E-state index contributed by atoms with van der Waals surface area (Å²) in [5.74, 6) is -0.474. The van der Waals surface area contributed by atoms with Crippen molar-refractivity contribution in [2.45, 2.75) is 13.8 Å². The van der Waals surface area contributed by atoms with Crippen LogP contribution in [0, 0.1) is 13.8 Å². The van der Waals surface area contributed by atoms with E-state index >= 15 is 0 Å². The van der Waals surface area contributed by atoms with E-state index in [1.54, 1.807) is 12.1 Å². The van der Waals surface area contributed by atoms with Crippen LogP contribution in [0.15, 0.2) is 18.2 Å². The highest BCUT2D eigenvalue weighted by molar-refractivity contribution is 6.03. The molecule has 2 aromatic rings. The molecule has 0 bridgehead atoms. The fourth-order valence-corrected chi connectivity index (χ4v) is 1.45. The molecule has 76 valence electrons. The van der Waals surface area contributed by atoms with Crippen molar-refractivity contribution in [3.63, 3.8) is 0 Å². The zero-order valence-electron chi connectivity index (χ0n) is 8.61. The Balaban J connectivity index is 2.86. The molecule has 1 amide bonds. The van der Waals surface area contributed by atoms with E-state index in [0.29, 0.717) is 16.6 Å². The van der Waals surface area contributed by atoms with Crippen LogP contribution in [-0.4, -0.2) is 15.9 Å². The Kier molecular flexibility index (Phi) is 2.11. The second kappa shape index (κ2) is 3.31. The quantitative estimate of drug-likeness (QED) is 0.757. The van der Waals surface area contributed by atoms with E-state index in [1.165, 1.54) is 0 Å². The van der Waals surface area contributed by atoms with Crippen LogP contribution >= 0.6 is 0 Å². The lowest BCUT2D eigenvalue weighted by molar-refractivity contribution is 0.100. The van der Waals surface area contributed by atoms with Crippen LogP contribution in [-0.2, 0) is 0 Å². The van der Waals surface area contributed by atoms with Gasteiger partial charge in [0.2, 0.25) is 0 Å². The van der Waals surface area contributed by atoms with Gasteiger partial charge in [-0.05, 0) is 26.0 Å². The fraction of sp³-hybridized carbons (Fsp3) is 0.182. The molecular formula is C11H11N3O. The van der Waals surface area contributed by atoms with Crippen LogP contribution in [0.4, 0.5) is 0 Å². The molecule has 2 rings (SSSR count). The summed E-state index contributed by atoms with van der Waals surface area (Å²) < 4.78 is 0. The molecule has 0 unspecified atom stereocenters. The van der Waals surface area contributed by atoms with Crippen LogP contribution in [0.1, 0.15) is 21.7 Å². The number of hydrogen-bond acceptors (Lipinski definition) is 3. The third-order valence-electron chi connectivity index (χ3n) is 2.37. The normalized spacial score (nSPS) is 10.5. The summed E-state index contributed by atoms with van der Waals surface area (Å²) in [6.07, 6.45) is 0. The number of aromatic nitrogens is 2. The van der Waals surface area contributed by atoms with Crippen molar-refractivity contribution in [1.82, 2.24) is 9.97 Å². The number of primary amides is 1. The Bertz CT molecular complexity index is 549. The first-order valence-corrected chi connectivity index (χ1v) is 4.63. The second-order valence-corrected chi connectivity index (χ2v) is 3.43. The van der Waals surface area contributed by atoms with Crippen molar-refractivity contribution in [3.05, 3.63) is 35.2 Å². The van der Waals surface area contributed by atoms with Gasteiger partial charge < -0.3 is 5.73 Å². The SMILES string of the molecule is Cc1nc2cccc(C(N)=O)c2nc1C. The molecule has 1 aromatic heterocycles. The average molecular weight is 201 g/mol. The number of aryl methyl sites for hydroxylation is 2. The summed E-state index contributed by atoms with van der Waals surface area (Å²) in [4.78, 5) is 19.8. The lowest BCUT2D eigenvalue weighted by Crippen LogP contribution is -2.12. The van der Waals surface area contributed by atoms with Crippen LogP contribution in [0.2, 0.25) is 0 Å². The smallest absolute Gasteiger partial charge is 0.250 e. The van der Waals surface area contributed by atoms with Crippen LogP contribution in [0.5, 0.6) is 0 Å². The van der Waals surface area contributed by atoms with Gasteiger partial charge >= 0.3 is 0 Å². The third-order valence-corrected chi connectivity index (χ3v) is 2.37. The van der Waals surface area contributed by atoms with E-state index < -0.39 is 5.91 Å². The van der Waals surface area contributed by atoms with E-state index in [4.69, 9.17) is 5.73 Å². The third kappa shape index (κ3) is 1.54. The van der Waals surface area contributed by atoms with Gasteiger partial charge in [-0.25, -0.2) is 9.97 Å². The molecule has 0 fully saturated rings. The molecule has 1 aromatic carbocycles. The molecule has 1 heterocycles. The Hall–Kier alpha value is -1.97. The van der Waals surface area contributed by atoms with Crippen LogP contribution < -0.4 is 5.73 Å². The highest BCUT2D eigenvalue weighted by atomic mass is 16.1. The van der Waals surface area contributed by atoms with Gasteiger partial charge in [0, 0.05) is 0 Å². The molecule has 0 atom stereocenters. The molecule has 2 N–H and O–H groups in total. The maximum Gasteiger partial charge on any atom is 0.250 e. The fourth-order valence-electron chi connectivity index (χ4n) is 1.45. The number of amides is 1. The number of nitrogens with two attached hydrogens (primary N) is 1. The van der Waals surface area contributed by atoms with Gasteiger partial charge in [0.25, 0.3) is 5.91 Å². The van der Waals surface area contributed by atoms with Gasteiger partial charge in [0.05, 0.1) is 22.5 Å². The first kappa shape index (κ1) is 9.58. The summed E-state index contributed by atoms with van der Waals surface area (Å²) in [5, 5.41) is 0. The predicted molar refractivity (Wildman–Crippen MR) is 57.5 cm³/mol. The van der Waals surface area contributed by atoms with E-state index in [9.17, 15) is 4.79 Å². The first-order chi connectivity index (χ1) is 7.09. The maximum absolute atomic E-state index is 11.2. The molecule has 15 heavy (non-hydrogen) atoms. The summed E-state index contributed by atoms with van der Waals surface area (Å²) in [5.41, 5.74) is 8.64. The molecule has 0 spiro atoms. The molecular weight excluding hydrogens is 190 g/mol. The number of para-hydroxylation sites is 1. The zero-order valence-corrected chi connectivity index (χ0v) is 8.61. The Morgan fingerprint density at radius 2 is 1.87 bits per heavy atom. The van der Waals surface area contributed by atoms with Gasteiger partial charge in [-0.15, -0.1) is 0 Å². The number of carbonyl (C=O) groups excluding carboxylic acids is 1. The van der Waals surface area contributed by atoms with Crippen molar-refractivity contribution in [2.24, 2.45) is 5.73 Å². The molecule has 4 nitrogen and oxygen atoms in total. The topological polar surface area (TPSA) is 68.9 Å². The van der Waals surface area contributed by atoms with Gasteiger partial charge in [0.15, 0.2) is 0 Å². The minimum absolute atomic E-state index is 0.420. The van der Waals surface area contributed by atoms with Crippen molar-refractivity contribution >= 4 is 16.9 Å². The Morgan fingerprint density at radius 3 is 2.53 bits per heavy atom. The van der Waals surface area contributed by atoms with Crippen molar-refractivity contribution < 1.29 is 4.79 Å². The van der Waals surface area contributed by atoms with Crippen molar-refractivity contribution in [3.8, 4) is 0 Å². The predicted octanol–water partition coefficient (Wildman–Crippen LogP) is 1.35. The minimum atomic E-state index is -0.474. The van der Waals surface area contributed by atoms with E-state index in [0.717, 1.165) is 11.4 Å². The van der Waals surface area contributed by atoms with Gasteiger partial charge in [-0.1, -0.05) is 6.07 Å². The highest BCUT2D eigenvalue weighted by Crippen LogP contribution is 2.16. The monoisotopic (exact) mass is 201 g/mol. The number of fused-ring (bicyclic) bond motifs is 1. The van der Waals surface area contributed by atoms with Crippen LogP contribution in [0.25, 0.3) is 11.0 Å². The average Bonchev–Trinajstić information content (AvgIpc) is 2.18. The van der Waals surface area contributed by atoms with Crippen LogP contribution in [0.3, 0.4) is 0 Å². The Labute approximate surface area is 87.1 Å². The molecule has 0 aliphatic rings. The van der Waals surface area contributed by atoms with E-state index in [-0.39, 0.29) is 0 Å². The van der Waals surface area contributed by atoms with Crippen molar-refractivity contribution in [2.75, 3.05) is 0 Å².